The summed E-state index contributed by atoms with van der Waals surface area (Å²) in [4.78, 5) is 13.2. The maximum atomic E-state index is 13.5. The summed E-state index contributed by atoms with van der Waals surface area (Å²) in [6, 6.07) is 71.9. The van der Waals surface area contributed by atoms with Crippen molar-refractivity contribution in [1.82, 2.24) is 29.4 Å². The molecule has 12 aromatic rings. The molecule has 12 aromatic carbocycles. The van der Waals surface area contributed by atoms with E-state index < -0.39 is 0 Å². The zero-order chi connectivity index (χ0) is 93.8. The molecular formula is C103H131FN6O13P6. The predicted molar refractivity (Wildman–Crippen MR) is 549 cm³/mol. The summed E-state index contributed by atoms with van der Waals surface area (Å²) in [7, 11) is 33.7. The molecule has 1 heterocycles. The molecule has 13 rings (SSSR count). The van der Waals surface area contributed by atoms with E-state index in [-0.39, 0.29) is 31.6 Å². The highest BCUT2D eigenvalue weighted by atomic mass is 31.1. The Labute approximate surface area is 775 Å². The SMILES string of the molecule is COc1cc(OC)c(O)c(Pc2ccc(F)cc2CN(C)C)c1.COc1cc(OC)c(O)c(Pc2ccccc2CN(C)C)c1.COc1ccc(O)c(Pc2ccc(C)cc2CN(C)C)c1.COc1ccc(O)c(Pc2ccccc2CN(C)C)c1.COc1cccc(Pc2c(C)cccc2CN(C)C)c1O.Cc1cccc(CN2CCCCC2)c1Pc1ccccc1O. The highest BCUT2D eigenvalue weighted by molar-refractivity contribution is 7.57. The number of nitrogens with zero attached hydrogens (tertiary/aromatic N) is 6. The lowest BCUT2D eigenvalue weighted by molar-refractivity contribution is 0.221. The number of halogens is 1. The third-order valence-electron chi connectivity index (χ3n) is 20.5. The van der Waals surface area contributed by atoms with Crippen molar-refractivity contribution in [3.63, 3.8) is 0 Å². The van der Waals surface area contributed by atoms with Gasteiger partial charge in [0.1, 0.15) is 46.1 Å². The molecule has 0 amide bonds. The minimum atomic E-state index is -0.261. The van der Waals surface area contributed by atoms with Gasteiger partial charge in [-0.2, -0.15) is 0 Å². The highest BCUT2D eigenvalue weighted by Gasteiger charge is 2.21. The van der Waals surface area contributed by atoms with Crippen molar-refractivity contribution in [2.75, 3.05) is 133 Å². The normalized spacial score (nSPS) is 12.3. The van der Waals surface area contributed by atoms with Gasteiger partial charge >= 0.3 is 0 Å². The molecule has 0 aromatic heterocycles. The molecule has 0 spiro atoms. The van der Waals surface area contributed by atoms with Gasteiger partial charge in [-0.15, -0.1) is 0 Å². The van der Waals surface area contributed by atoms with Crippen LogP contribution in [0, 0.1) is 26.6 Å². The number of phenols is 6. The molecule has 6 unspecified atom stereocenters. The number of likely N-dealkylation sites (tertiary alicyclic amines) is 1. The smallest absolute Gasteiger partial charge is 0.165 e. The maximum Gasteiger partial charge on any atom is 0.165 e. The summed E-state index contributed by atoms with van der Waals surface area (Å²) >= 11 is 0. The van der Waals surface area contributed by atoms with Crippen molar-refractivity contribution < 1.29 is 68.2 Å². The molecule has 0 aliphatic carbocycles. The first kappa shape index (κ1) is 105. The zero-order valence-corrected chi connectivity index (χ0v) is 84.2. The average Bonchev–Trinajstić information content (AvgIpc) is 0.865. The summed E-state index contributed by atoms with van der Waals surface area (Å²) in [6.07, 6.45) is 4.02. The number of hydrogen-bond donors (Lipinski definition) is 6. The van der Waals surface area contributed by atoms with Gasteiger partial charge in [0.05, 0.1) is 49.8 Å². The zero-order valence-electron chi connectivity index (χ0n) is 78.2. The van der Waals surface area contributed by atoms with Crippen molar-refractivity contribution in [1.29, 1.82) is 0 Å². The maximum absolute atomic E-state index is 13.5. The second-order valence-corrected chi connectivity index (χ2v) is 40.2. The van der Waals surface area contributed by atoms with E-state index in [9.17, 15) is 35.0 Å². The number of hydrogen-bond acceptors (Lipinski definition) is 19. The van der Waals surface area contributed by atoms with Crippen LogP contribution in [0.4, 0.5) is 4.39 Å². The van der Waals surface area contributed by atoms with Crippen LogP contribution >= 0.6 is 51.5 Å². The third-order valence-corrected chi connectivity index (χ3v) is 29.5. The number of aromatic hydroxyl groups is 6. The Morgan fingerprint density at radius 3 is 1.11 bits per heavy atom. The van der Waals surface area contributed by atoms with Gasteiger partial charge in [-0.1, -0.05) is 203 Å². The number of para-hydroxylation sites is 2. The number of ether oxygens (including phenoxy) is 7. The van der Waals surface area contributed by atoms with Crippen molar-refractivity contribution >= 4 is 115 Å². The second kappa shape index (κ2) is 53.6. The minimum Gasteiger partial charge on any atom is -0.507 e. The van der Waals surface area contributed by atoms with E-state index in [2.05, 4.69) is 172 Å². The van der Waals surface area contributed by atoms with Crippen LogP contribution in [0.2, 0.25) is 0 Å². The van der Waals surface area contributed by atoms with E-state index >= 15 is 0 Å². The molecule has 0 bridgehead atoms. The molecular weight excluding hydrogens is 1730 g/mol. The molecule has 19 nitrogen and oxygen atoms in total. The van der Waals surface area contributed by atoms with Crippen molar-refractivity contribution in [3.05, 3.63) is 280 Å². The number of benzene rings is 12. The number of rotatable bonds is 31. The predicted octanol–water partition coefficient (Wildman–Crippen LogP) is 14.5. The van der Waals surface area contributed by atoms with Crippen LogP contribution in [-0.2, 0) is 39.3 Å². The molecule has 1 saturated heterocycles. The Kier molecular flexibility index (Phi) is 43.5. The van der Waals surface area contributed by atoms with Gasteiger partial charge in [-0.05, 0) is 266 Å². The molecule has 6 N–H and O–H groups in total. The lowest BCUT2D eigenvalue weighted by Gasteiger charge is -2.27. The Bertz CT molecular complexity index is 5540. The summed E-state index contributed by atoms with van der Waals surface area (Å²) in [5.41, 5.74) is 11.3. The monoisotopic (exact) mass is 1860 g/mol. The van der Waals surface area contributed by atoms with Crippen molar-refractivity contribution in [2.24, 2.45) is 0 Å². The van der Waals surface area contributed by atoms with Crippen LogP contribution in [0.5, 0.6) is 74.7 Å². The van der Waals surface area contributed by atoms with Crippen molar-refractivity contribution in [3.8, 4) is 74.7 Å². The third kappa shape index (κ3) is 33.3. The summed E-state index contributed by atoms with van der Waals surface area (Å²) in [5, 5.41) is 73.8. The highest BCUT2D eigenvalue weighted by Crippen LogP contribution is 2.37. The molecule has 1 fully saturated rings. The molecule has 1 aliphatic rings. The lowest BCUT2D eigenvalue weighted by atomic mass is 10.1. The van der Waals surface area contributed by atoms with Gasteiger partial charge in [0, 0.05) is 83.2 Å². The first-order valence-corrected chi connectivity index (χ1v) is 48.4. The van der Waals surface area contributed by atoms with Gasteiger partial charge in [-0.3, -0.25) is 4.90 Å². The van der Waals surface area contributed by atoms with Crippen LogP contribution in [-0.4, -0.2) is 193 Å². The van der Waals surface area contributed by atoms with Gasteiger partial charge in [-0.25, -0.2) is 4.39 Å². The summed E-state index contributed by atoms with van der Waals surface area (Å²) < 4.78 is 50.2. The van der Waals surface area contributed by atoms with E-state index in [1.165, 1.54) is 123 Å². The van der Waals surface area contributed by atoms with E-state index in [0.29, 0.717) is 101 Å². The number of methoxy groups -OCH3 is 7. The van der Waals surface area contributed by atoms with E-state index in [1.54, 1.807) is 103 Å². The van der Waals surface area contributed by atoms with E-state index in [4.69, 9.17) is 33.2 Å². The largest absolute Gasteiger partial charge is 0.507 e. The Hall–Kier alpha value is -9.69. The Balaban J connectivity index is 0.000000191. The molecule has 1 aliphatic heterocycles. The lowest BCUT2D eigenvalue weighted by Crippen LogP contribution is -2.31. The fourth-order valence-corrected chi connectivity index (χ4v) is 21.5. The van der Waals surface area contributed by atoms with Crippen molar-refractivity contribution in [2.45, 2.75) is 79.3 Å². The topological polar surface area (TPSA) is 205 Å². The Morgan fingerprint density at radius 2 is 0.643 bits per heavy atom. The quantitative estimate of drug-likeness (QED) is 0.0224. The van der Waals surface area contributed by atoms with Gasteiger partial charge in [0.2, 0.25) is 0 Å². The fourth-order valence-electron chi connectivity index (χ4n) is 14.1. The van der Waals surface area contributed by atoms with Gasteiger partial charge in [0.25, 0.3) is 0 Å². The molecule has 0 radical (unpaired) electrons. The second-order valence-electron chi connectivity index (χ2n) is 32.4. The standard InChI is InChI=1S/C19H24NOP.C17H21FNO3P.C17H22NO3P.2C17H22NO2P.C16H20NO2P/c1-15-8-7-9-16(14-20-12-5-2-6-13-20)19(15)22-18-11-4-3-10-17(18)21;1-19(2)10-11-7-12(18)5-6-15(11)23-16-9-13(21-3)8-14(22-4)17(16)20;1-18(2)11-12-7-5-6-8-15(12)22-16-10-13(20-3)9-14(21-4)17(16)19;1-12-5-8-16(13(9-12)11-18(2)3)21-17-10-14(20-4)6-7-15(17)19;1-12-7-5-8-13(11-18(2)3)17(12)21-15-10-6-9-14(20-4)16(15)19;1-17(2)11-12-6-4-5-7-15(12)20-16-10-13(19-3)8-9-14(16)18/h3-4,7-11,21-22H,2,5-6,12-14H2,1H3;5-9,20,23H,10H2,1-4H3;5-10,19,22H,11H2,1-4H3;2*5-10,19,21H,11H2,1-4H3;4-10,18,20H,11H2,1-3H3. The molecule has 129 heavy (non-hydrogen) atoms. The molecule has 6 atom stereocenters. The number of piperidine rings is 1. The number of phenolic OH excluding ortho intramolecular Hbond substituents is 6. The van der Waals surface area contributed by atoms with Crippen LogP contribution in [0.1, 0.15) is 69.3 Å². The first-order chi connectivity index (χ1) is 61.8. The average molecular weight is 1870 g/mol. The van der Waals surface area contributed by atoms with Crippen LogP contribution < -0.4 is 96.8 Å². The first-order valence-electron chi connectivity index (χ1n) is 42.4. The van der Waals surface area contributed by atoms with Crippen LogP contribution in [0.15, 0.2) is 224 Å². The van der Waals surface area contributed by atoms with Crippen LogP contribution in [0.3, 0.4) is 0 Å². The molecule has 688 valence electrons. The minimum absolute atomic E-state index is 0.0896. The molecule has 0 saturated carbocycles. The summed E-state index contributed by atoms with van der Waals surface area (Å²) in [5.74, 6) is 5.49. The van der Waals surface area contributed by atoms with Gasteiger partial charge < -0.3 is 88.3 Å². The molecule has 26 heteroatoms. The number of aryl methyl sites for hydroxylation is 3. The van der Waals surface area contributed by atoms with E-state index in [0.717, 1.165) is 81.6 Å². The fraction of sp³-hybridized carbons (Fsp3) is 0.301. The summed E-state index contributed by atoms with van der Waals surface area (Å²) in [6.45, 7) is 14.1. The Morgan fingerprint density at radius 1 is 0.287 bits per heavy atom. The van der Waals surface area contributed by atoms with Crippen LogP contribution in [0.25, 0.3) is 0 Å². The van der Waals surface area contributed by atoms with Gasteiger partial charge in [0.15, 0.2) is 34.5 Å². The van der Waals surface area contributed by atoms with E-state index in [1.807, 2.05) is 99.8 Å².